The molecule has 0 heterocycles. The smallest absolute Gasteiger partial charge is 0.407 e. The Balaban J connectivity index is 3.83. The van der Waals surface area contributed by atoms with Gasteiger partial charge in [-0.25, -0.2) is 13.2 Å². The van der Waals surface area contributed by atoms with Crippen LogP contribution in [0.25, 0.3) is 0 Å². The Labute approximate surface area is 83.2 Å². The Hall–Kier alpha value is -0.820. The number of carbonyl (C=O) groups is 1. The van der Waals surface area contributed by atoms with E-state index < -0.39 is 22.0 Å². The topological polar surface area (TPSA) is 92.7 Å². The highest BCUT2D eigenvalue weighted by Gasteiger charge is 2.13. The molecular formula is C7H15NO5S. The number of sulfone groups is 1. The summed E-state index contributed by atoms with van der Waals surface area (Å²) in [7, 11) is -3.11. The third-order valence-electron chi connectivity index (χ3n) is 1.24. The van der Waals surface area contributed by atoms with Crippen molar-refractivity contribution < 1.29 is 23.1 Å². The van der Waals surface area contributed by atoms with Crippen LogP contribution in [0.1, 0.15) is 6.92 Å². The van der Waals surface area contributed by atoms with Gasteiger partial charge in [-0.3, -0.25) is 0 Å². The van der Waals surface area contributed by atoms with Crippen molar-refractivity contribution >= 4 is 15.9 Å². The number of amides is 1. The van der Waals surface area contributed by atoms with Crippen LogP contribution in [0.4, 0.5) is 4.79 Å². The van der Waals surface area contributed by atoms with Crippen molar-refractivity contribution in [3.63, 3.8) is 0 Å². The number of aliphatic hydroxyl groups is 1. The van der Waals surface area contributed by atoms with Gasteiger partial charge >= 0.3 is 6.09 Å². The van der Waals surface area contributed by atoms with Crippen LogP contribution in [0.2, 0.25) is 0 Å². The van der Waals surface area contributed by atoms with Gasteiger partial charge in [0, 0.05) is 12.3 Å². The van der Waals surface area contributed by atoms with E-state index in [4.69, 9.17) is 5.11 Å². The molecule has 0 spiro atoms. The summed E-state index contributed by atoms with van der Waals surface area (Å²) in [4.78, 5) is 10.9. The molecule has 0 aromatic rings. The molecular weight excluding hydrogens is 210 g/mol. The van der Waals surface area contributed by atoms with E-state index in [0.717, 1.165) is 6.26 Å². The number of rotatable bonds is 5. The summed E-state index contributed by atoms with van der Waals surface area (Å²) >= 11 is 0. The lowest BCUT2D eigenvalue weighted by Gasteiger charge is -2.12. The van der Waals surface area contributed by atoms with Gasteiger partial charge in [-0.15, -0.1) is 0 Å². The van der Waals surface area contributed by atoms with Gasteiger partial charge in [0.1, 0.15) is 16.4 Å². The number of hydrogen-bond donors (Lipinski definition) is 2. The summed E-state index contributed by atoms with van der Waals surface area (Å²) < 4.78 is 26.1. The fourth-order valence-electron chi connectivity index (χ4n) is 0.877. The largest absolute Gasteiger partial charge is 0.447 e. The molecule has 1 amide bonds. The molecule has 2 N–H and O–H groups in total. The third-order valence-corrected chi connectivity index (χ3v) is 2.35. The van der Waals surface area contributed by atoms with E-state index in [1.807, 2.05) is 0 Å². The summed E-state index contributed by atoms with van der Waals surface area (Å²) in [5.41, 5.74) is 0. The van der Waals surface area contributed by atoms with Crippen LogP contribution in [0.5, 0.6) is 0 Å². The van der Waals surface area contributed by atoms with Crippen LogP contribution < -0.4 is 5.32 Å². The zero-order valence-electron chi connectivity index (χ0n) is 8.19. The standard InChI is InChI=1S/C7H15NO5S/c1-6(5-14(2,11)12)8-7(10)13-4-3-9/h6,9H,3-5H2,1-2H3,(H,8,10). The maximum Gasteiger partial charge on any atom is 0.407 e. The first-order chi connectivity index (χ1) is 6.35. The van der Waals surface area contributed by atoms with Gasteiger partial charge in [-0.05, 0) is 6.92 Å². The molecule has 0 bridgehead atoms. The average Bonchev–Trinajstić information content (AvgIpc) is 1.96. The first-order valence-electron chi connectivity index (χ1n) is 4.07. The molecule has 0 aliphatic heterocycles. The van der Waals surface area contributed by atoms with E-state index in [2.05, 4.69) is 10.1 Å². The Bertz CT molecular complexity index is 274. The Kier molecular flexibility index (Phi) is 5.47. The fraction of sp³-hybridized carbons (Fsp3) is 0.857. The van der Waals surface area contributed by atoms with Crippen molar-refractivity contribution in [2.24, 2.45) is 0 Å². The molecule has 0 rings (SSSR count). The molecule has 7 heteroatoms. The van der Waals surface area contributed by atoms with Gasteiger partial charge < -0.3 is 15.2 Å². The van der Waals surface area contributed by atoms with Gasteiger partial charge in [0.2, 0.25) is 0 Å². The summed E-state index contributed by atoms with van der Waals surface area (Å²) in [5.74, 6) is -0.138. The highest BCUT2D eigenvalue weighted by Crippen LogP contribution is 1.91. The predicted molar refractivity (Wildman–Crippen MR) is 50.7 cm³/mol. The molecule has 0 fully saturated rings. The average molecular weight is 225 g/mol. The first-order valence-corrected chi connectivity index (χ1v) is 6.13. The van der Waals surface area contributed by atoms with Crippen molar-refractivity contribution in [3.8, 4) is 0 Å². The Morgan fingerprint density at radius 1 is 1.57 bits per heavy atom. The van der Waals surface area contributed by atoms with Crippen molar-refractivity contribution in [2.75, 3.05) is 25.2 Å². The molecule has 0 aromatic heterocycles. The second-order valence-corrected chi connectivity index (χ2v) is 5.18. The fourth-order valence-corrected chi connectivity index (χ4v) is 1.87. The highest BCUT2D eigenvalue weighted by atomic mass is 32.2. The highest BCUT2D eigenvalue weighted by molar-refractivity contribution is 7.90. The van der Waals surface area contributed by atoms with Crippen molar-refractivity contribution in [1.82, 2.24) is 5.32 Å². The summed E-state index contributed by atoms with van der Waals surface area (Å²) in [6, 6.07) is -0.504. The molecule has 1 unspecified atom stereocenters. The maximum absolute atomic E-state index is 10.9. The lowest BCUT2D eigenvalue weighted by Crippen LogP contribution is -2.38. The molecule has 84 valence electrons. The molecule has 0 aromatic carbocycles. The first kappa shape index (κ1) is 13.2. The molecule has 1 atom stereocenters. The minimum absolute atomic E-state index is 0.0998. The maximum atomic E-state index is 10.9. The number of ether oxygens (including phenoxy) is 1. The number of nitrogens with one attached hydrogen (secondary N) is 1. The van der Waals surface area contributed by atoms with Crippen molar-refractivity contribution in [2.45, 2.75) is 13.0 Å². The van der Waals surface area contributed by atoms with Crippen LogP contribution in [-0.4, -0.2) is 50.9 Å². The predicted octanol–water partition coefficient (Wildman–Crippen LogP) is -0.862. The third kappa shape index (κ3) is 7.81. The van der Waals surface area contributed by atoms with Crippen LogP contribution in [0, 0.1) is 0 Å². The number of carbonyl (C=O) groups excluding carboxylic acids is 1. The van der Waals surface area contributed by atoms with E-state index in [-0.39, 0.29) is 19.0 Å². The van der Waals surface area contributed by atoms with E-state index in [1.54, 1.807) is 6.92 Å². The lowest BCUT2D eigenvalue weighted by atomic mass is 10.4. The van der Waals surface area contributed by atoms with Gasteiger partial charge in [-0.1, -0.05) is 0 Å². The molecule has 6 nitrogen and oxygen atoms in total. The second-order valence-electron chi connectivity index (χ2n) is 3.00. The van der Waals surface area contributed by atoms with Crippen LogP contribution in [-0.2, 0) is 14.6 Å². The zero-order valence-corrected chi connectivity index (χ0v) is 9.00. The molecule has 0 saturated heterocycles. The number of aliphatic hydroxyl groups excluding tert-OH is 1. The molecule has 14 heavy (non-hydrogen) atoms. The van der Waals surface area contributed by atoms with Crippen molar-refractivity contribution in [3.05, 3.63) is 0 Å². The molecule has 0 aliphatic carbocycles. The minimum atomic E-state index is -3.11. The van der Waals surface area contributed by atoms with Crippen LogP contribution in [0.15, 0.2) is 0 Å². The quantitative estimate of drug-likeness (QED) is 0.635. The van der Waals surface area contributed by atoms with E-state index in [0.29, 0.717) is 0 Å². The van der Waals surface area contributed by atoms with Gasteiger partial charge in [0.05, 0.1) is 12.4 Å². The minimum Gasteiger partial charge on any atom is -0.447 e. The molecule has 0 saturated carbocycles. The van der Waals surface area contributed by atoms with E-state index in [1.165, 1.54) is 0 Å². The Morgan fingerprint density at radius 2 is 2.14 bits per heavy atom. The number of hydrogen-bond acceptors (Lipinski definition) is 5. The Morgan fingerprint density at radius 3 is 2.57 bits per heavy atom. The zero-order chi connectivity index (χ0) is 11.2. The summed E-state index contributed by atoms with van der Waals surface area (Å²) in [5, 5.41) is 10.7. The monoisotopic (exact) mass is 225 g/mol. The van der Waals surface area contributed by atoms with E-state index in [9.17, 15) is 13.2 Å². The van der Waals surface area contributed by atoms with Crippen molar-refractivity contribution in [1.29, 1.82) is 0 Å². The van der Waals surface area contributed by atoms with Crippen LogP contribution in [0.3, 0.4) is 0 Å². The number of alkyl carbamates (subject to hydrolysis) is 1. The summed E-state index contributed by atoms with van der Waals surface area (Å²) in [6.45, 7) is 1.20. The van der Waals surface area contributed by atoms with Gasteiger partial charge in [-0.2, -0.15) is 0 Å². The van der Waals surface area contributed by atoms with Gasteiger partial charge in [0.15, 0.2) is 0 Å². The normalized spacial score (nSPS) is 13.4. The SMILES string of the molecule is CC(CS(C)(=O)=O)NC(=O)OCCO. The second kappa shape index (κ2) is 5.82. The molecule has 0 radical (unpaired) electrons. The van der Waals surface area contributed by atoms with Gasteiger partial charge in [0.25, 0.3) is 0 Å². The molecule has 0 aliphatic rings. The lowest BCUT2D eigenvalue weighted by molar-refractivity contribution is 0.117. The van der Waals surface area contributed by atoms with E-state index >= 15 is 0 Å². The van der Waals surface area contributed by atoms with Crippen LogP contribution >= 0.6 is 0 Å². The summed E-state index contributed by atoms with van der Waals surface area (Å²) in [6.07, 6.45) is 0.361.